The van der Waals surface area contributed by atoms with Crippen molar-refractivity contribution in [1.82, 2.24) is 0 Å². The summed E-state index contributed by atoms with van der Waals surface area (Å²) in [5, 5.41) is 2.83. The summed E-state index contributed by atoms with van der Waals surface area (Å²) in [6.07, 6.45) is 3.14. The van der Waals surface area contributed by atoms with Gasteiger partial charge in [0.15, 0.2) is 18.1 Å². The molecule has 3 aromatic rings. The van der Waals surface area contributed by atoms with E-state index in [1.54, 1.807) is 42.4 Å². The van der Waals surface area contributed by atoms with Gasteiger partial charge in [0.2, 0.25) is 5.91 Å². The first kappa shape index (κ1) is 22.9. The molecule has 174 valence electrons. The lowest BCUT2D eigenvalue weighted by Crippen LogP contribution is -2.38. The van der Waals surface area contributed by atoms with Gasteiger partial charge in [-0.25, -0.2) is 0 Å². The minimum absolute atomic E-state index is 0.0449. The first-order valence-corrected chi connectivity index (χ1v) is 11.0. The fourth-order valence-corrected chi connectivity index (χ4v) is 3.64. The molecule has 4 rings (SSSR count). The molecular formula is C27H26N2O5. The molecule has 1 heterocycles. The van der Waals surface area contributed by atoms with Crippen LogP contribution in [0.3, 0.4) is 0 Å². The molecule has 2 amide bonds. The van der Waals surface area contributed by atoms with Crippen LogP contribution in [-0.4, -0.2) is 32.1 Å². The van der Waals surface area contributed by atoms with Gasteiger partial charge >= 0.3 is 0 Å². The van der Waals surface area contributed by atoms with Crippen molar-refractivity contribution < 1.29 is 23.8 Å². The van der Waals surface area contributed by atoms with Crippen molar-refractivity contribution in [2.75, 3.05) is 30.5 Å². The average Bonchev–Trinajstić information content (AvgIpc) is 2.86. The molecule has 0 fully saturated rings. The Balaban J connectivity index is 1.45. The lowest BCUT2D eigenvalue weighted by atomic mass is 10.1. The van der Waals surface area contributed by atoms with Crippen LogP contribution in [0.4, 0.5) is 11.4 Å². The Labute approximate surface area is 198 Å². The van der Waals surface area contributed by atoms with E-state index >= 15 is 0 Å². The Morgan fingerprint density at radius 3 is 2.68 bits per heavy atom. The molecule has 3 aromatic carbocycles. The second-order valence-corrected chi connectivity index (χ2v) is 7.60. The standard InChI is InChI=1S/C27H26N2O5/c1-3-33-23-13-9-19(15-25(23)32-2)10-14-26(30)28-21-11-12-22-24(16-21)34-18-27(31)29(22)17-20-7-5-4-6-8-20/h4-16H,3,17-18H2,1-2H3,(H,28,30)/b14-10+. The molecular weight excluding hydrogens is 432 g/mol. The third-order valence-corrected chi connectivity index (χ3v) is 5.27. The number of nitrogens with one attached hydrogen (secondary N) is 1. The van der Waals surface area contributed by atoms with E-state index in [4.69, 9.17) is 14.2 Å². The summed E-state index contributed by atoms with van der Waals surface area (Å²) in [5.74, 6) is 1.41. The molecule has 0 unspecified atom stereocenters. The zero-order valence-corrected chi connectivity index (χ0v) is 19.1. The molecule has 1 N–H and O–H groups in total. The zero-order valence-electron chi connectivity index (χ0n) is 19.1. The monoisotopic (exact) mass is 458 g/mol. The third-order valence-electron chi connectivity index (χ3n) is 5.27. The van der Waals surface area contributed by atoms with E-state index in [0.29, 0.717) is 41.8 Å². The number of ether oxygens (including phenoxy) is 3. The minimum atomic E-state index is -0.291. The number of fused-ring (bicyclic) bond motifs is 1. The van der Waals surface area contributed by atoms with Gasteiger partial charge in [0.1, 0.15) is 5.75 Å². The van der Waals surface area contributed by atoms with Crippen LogP contribution in [0, 0.1) is 0 Å². The van der Waals surface area contributed by atoms with Crippen LogP contribution in [0.2, 0.25) is 0 Å². The number of hydrogen-bond donors (Lipinski definition) is 1. The van der Waals surface area contributed by atoms with Crippen LogP contribution in [0.15, 0.2) is 72.8 Å². The minimum Gasteiger partial charge on any atom is -0.493 e. The Morgan fingerprint density at radius 2 is 1.91 bits per heavy atom. The number of carbonyl (C=O) groups excluding carboxylic acids is 2. The zero-order chi connectivity index (χ0) is 23.9. The summed E-state index contributed by atoms with van der Waals surface area (Å²) in [7, 11) is 1.57. The number of anilines is 2. The number of carbonyl (C=O) groups is 2. The van der Waals surface area contributed by atoms with Gasteiger partial charge < -0.3 is 24.4 Å². The molecule has 0 spiro atoms. The number of rotatable bonds is 8. The van der Waals surface area contributed by atoms with E-state index in [0.717, 1.165) is 11.1 Å². The number of amides is 2. The van der Waals surface area contributed by atoms with E-state index in [9.17, 15) is 9.59 Å². The summed E-state index contributed by atoms with van der Waals surface area (Å²) in [6, 6.07) is 20.5. The summed E-state index contributed by atoms with van der Waals surface area (Å²) >= 11 is 0. The van der Waals surface area contributed by atoms with Crippen LogP contribution in [-0.2, 0) is 16.1 Å². The second-order valence-electron chi connectivity index (χ2n) is 7.60. The van der Waals surface area contributed by atoms with Crippen molar-refractivity contribution in [3.05, 3.63) is 83.9 Å². The molecule has 7 heteroatoms. The van der Waals surface area contributed by atoms with E-state index in [-0.39, 0.29) is 18.4 Å². The van der Waals surface area contributed by atoms with Crippen molar-refractivity contribution in [1.29, 1.82) is 0 Å². The predicted molar refractivity (Wildman–Crippen MR) is 131 cm³/mol. The number of nitrogens with zero attached hydrogens (tertiary/aromatic N) is 1. The maximum Gasteiger partial charge on any atom is 0.265 e. The highest BCUT2D eigenvalue weighted by Crippen LogP contribution is 2.35. The molecule has 0 bridgehead atoms. The lowest BCUT2D eigenvalue weighted by molar-refractivity contribution is -0.121. The van der Waals surface area contributed by atoms with Gasteiger partial charge in [-0.1, -0.05) is 36.4 Å². The predicted octanol–water partition coefficient (Wildman–Crippen LogP) is 4.67. The van der Waals surface area contributed by atoms with Crippen molar-refractivity contribution in [3.63, 3.8) is 0 Å². The van der Waals surface area contributed by atoms with Crippen molar-refractivity contribution >= 4 is 29.3 Å². The number of hydrogen-bond acceptors (Lipinski definition) is 5. The van der Waals surface area contributed by atoms with E-state index in [1.807, 2.05) is 49.4 Å². The molecule has 0 aromatic heterocycles. The molecule has 0 saturated heterocycles. The molecule has 7 nitrogen and oxygen atoms in total. The smallest absolute Gasteiger partial charge is 0.265 e. The highest BCUT2D eigenvalue weighted by atomic mass is 16.5. The van der Waals surface area contributed by atoms with Crippen molar-refractivity contribution in [2.24, 2.45) is 0 Å². The highest BCUT2D eigenvalue weighted by molar-refractivity contribution is 6.03. The molecule has 0 saturated carbocycles. The molecule has 0 aliphatic carbocycles. The molecule has 0 radical (unpaired) electrons. The normalized spacial score (nSPS) is 12.8. The van der Waals surface area contributed by atoms with Crippen molar-refractivity contribution in [2.45, 2.75) is 13.5 Å². The van der Waals surface area contributed by atoms with Crippen molar-refractivity contribution in [3.8, 4) is 17.2 Å². The number of methoxy groups -OCH3 is 1. The quantitative estimate of drug-likeness (QED) is 0.497. The topological polar surface area (TPSA) is 77.1 Å². The van der Waals surface area contributed by atoms with E-state index < -0.39 is 0 Å². The molecule has 34 heavy (non-hydrogen) atoms. The highest BCUT2D eigenvalue weighted by Gasteiger charge is 2.26. The Morgan fingerprint density at radius 1 is 1.09 bits per heavy atom. The fourth-order valence-electron chi connectivity index (χ4n) is 3.64. The lowest BCUT2D eigenvalue weighted by Gasteiger charge is -2.29. The summed E-state index contributed by atoms with van der Waals surface area (Å²) in [6.45, 7) is 2.85. The average molecular weight is 459 g/mol. The summed E-state index contributed by atoms with van der Waals surface area (Å²) in [5.41, 5.74) is 3.08. The largest absolute Gasteiger partial charge is 0.493 e. The first-order chi connectivity index (χ1) is 16.6. The summed E-state index contributed by atoms with van der Waals surface area (Å²) in [4.78, 5) is 26.6. The molecule has 0 atom stereocenters. The van der Waals surface area contributed by atoms with Crippen LogP contribution in [0.25, 0.3) is 6.08 Å². The maximum absolute atomic E-state index is 12.5. The van der Waals surface area contributed by atoms with Crippen LogP contribution < -0.4 is 24.4 Å². The van der Waals surface area contributed by atoms with E-state index in [1.165, 1.54) is 6.08 Å². The van der Waals surface area contributed by atoms with Gasteiger partial charge in [-0.15, -0.1) is 0 Å². The van der Waals surface area contributed by atoms with E-state index in [2.05, 4.69) is 5.32 Å². The van der Waals surface area contributed by atoms with Gasteiger partial charge in [-0.3, -0.25) is 9.59 Å². The fraction of sp³-hybridized carbons (Fsp3) is 0.185. The SMILES string of the molecule is CCOc1ccc(/C=C/C(=O)Nc2ccc3c(c2)OCC(=O)N3Cc2ccccc2)cc1OC. The van der Waals surface area contributed by atoms with Crippen LogP contribution >= 0.6 is 0 Å². The molecule has 1 aliphatic rings. The first-order valence-electron chi connectivity index (χ1n) is 11.0. The number of benzene rings is 3. The Bertz CT molecular complexity index is 1210. The third kappa shape index (κ3) is 5.38. The Hall–Kier alpha value is -4.26. The van der Waals surface area contributed by atoms with Gasteiger partial charge in [-0.2, -0.15) is 0 Å². The molecule has 1 aliphatic heterocycles. The van der Waals surface area contributed by atoms with Crippen LogP contribution in [0.5, 0.6) is 17.2 Å². The van der Waals surface area contributed by atoms with Gasteiger partial charge in [0, 0.05) is 17.8 Å². The maximum atomic E-state index is 12.5. The van der Waals surface area contributed by atoms with Gasteiger partial charge in [0.25, 0.3) is 5.91 Å². The van der Waals surface area contributed by atoms with Gasteiger partial charge in [0.05, 0.1) is 25.9 Å². The van der Waals surface area contributed by atoms with Gasteiger partial charge in [-0.05, 0) is 48.4 Å². The van der Waals surface area contributed by atoms with Crippen LogP contribution in [0.1, 0.15) is 18.1 Å². The second kappa shape index (κ2) is 10.6. The summed E-state index contributed by atoms with van der Waals surface area (Å²) < 4.78 is 16.5. The Kier molecular flexibility index (Phi) is 7.13.